The largest absolute Gasteiger partial charge is 0.373 e. The molecular weight excluding hydrogens is 248 g/mol. The van der Waals surface area contributed by atoms with Gasteiger partial charge in [-0.1, -0.05) is 25.1 Å². The second kappa shape index (κ2) is 6.88. The van der Waals surface area contributed by atoms with Crippen LogP contribution in [0, 0.1) is 11.3 Å². The Hall–Kier alpha value is -2.12. The monoisotopic (exact) mass is 268 g/mol. The summed E-state index contributed by atoms with van der Waals surface area (Å²) < 4.78 is 0. The number of pyridine rings is 1. The number of anilines is 1. The van der Waals surface area contributed by atoms with Gasteiger partial charge in [-0.15, -0.1) is 0 Å². The first kappa shape index (κ1) is 14.3. The first-order valence-electron chi connectivity index (χ1n) is 6.94. The van der Waals surface area contributed by atoms with Gasteiger partial charge in [0.2, 0.25) is 0 Å². The van der Waals surface area contributed by atoms with Crippen molar-refractivity contribution in [3.8, 4) is 6.07 Å². The van der Waals surface area contributed by atoms with Crippen LogP contribution in [0.2, 0.25) is 0 Å². The van der Waals surface area contributed by atoms with Gasteiger partial charge in [-0.2, -0.15) is 5.26 Å². The normalized spacial score (nSPS) is 10.7. The summed E-state index contributed by atoms with van der Waals surface area (Å²) in [5.74, 6) is 0.916. The number of benzene rings is 1. The van der Waals surface area contributed by atoms with Crippen LogP contribution >= 0.6 is 0 Å². The Balaban J connectivity index is 2.29. The molecule has 0 spiro atoms. The molecule has 0 radical (unpaired) electrons. The number of hydrogen-bond donors (Lipinski definition) is 1. The van der Waals surface area contributed by atoms with Crippen molar-refractivity contribution in [1.82, 2.24) is 9.88 Å². The summed E-state index contributed by atoms with van der Waals surface area (Å²) in [6.07, 6.45) is 0.559. The van der Waals surface area contributed by atoms with Crippen molar-refractivity contribution >= 4 is 16.7 Å². The summed E-state index contributed by atoms with van der Waals surface area (Å²) >= 11 is 0. The lowest BCUT2D eigenvalue weighted by atomic mass is 10.1. The van der Waals surface area contributed by atoms with Crippen molar-refractivity contribution in [2.24, 2.45) is 0 Å². The molecule has 4 nitrogen and oxygen atoms in total. The van der Waals surface area contributed by atoms with Gasteiger partial charge in [0.15, 0.2) is 0 Å². The molecule has 0 atom stereocenters. The van der Waals surface area contributed by atoms with Gasteiger partial charge in [-0.05, 0) is 18.7 Å². The first-order chi connectivity index (χ1) is 9.78. The van der Waals surface area contributed by atoms with E-state index in [2.05, 4.69) is 40.3 Å². The molecule has 2 rings (SSSR count). The van der Waals surface area contributed by atoms with Crippen LogP contribution in [0.25, 0.3) is 10.9 Å². The molecule has 20 heavy (non-hydrogen) atoms. The molecule has 0 aliphatic heterocycles. The highest BCUT2D eigenvalue weighted by molar-refractivity contribution is 5.81. The summed E-state index contributed by atoms with van der Waals surface area (Å²) in [5, 5.41) is 13.0. The predicted octanol–water partition coefficient (Wildman–Crippen LogP) is 3.01. The van der Waals surface area contributed by atoms with E-state index >= 15 is 0 Å². The van der Waals surface area contributed by atoms with Gasteiger partial charge in [0, 0.05) is 37.5 Å². The lowest BCUT2D eigenvalue weighted by Gasteiger charge is -2.20. The molecule has 0 fully saturated rings. The number of fused-ring (bicyclic) bond motifs is 1. The van der Waals surface area contributed by atoms with E-state index in [4.69, 9.17) is 5.26 Å². The van der Waals surface area contributed by atoms with E-state index in [1.54, 1.807) is 0 Å². The molecule has 0 aliphatic carbocycles. The van der Waals surface area contributed by atoms with Gasteiger partial charge < -0.3 is 5.32 Å². The zero-order chi connectivity index (χ0) is 14.4. The first-order valence-corrected chi connectivity index (χ1v) is 6.94. The van der Waals surface area contributed by atoms with E-state index in [1.807, 2.05) is 25.2 Å². The summed E-state index contributed by atoms with van der Waals surface area (Å²) in [7, 11) is 1.90. The average Bonchev–Trinajstić information content (AvgIpc) is 2.50. The van der Waals surface area contributed by atoms with E-state index in [-0.39, 0.29) is 0 Å². The second-order valence-electron chi connectivity index (χ2n) is 4.72. The number of para-hydroxylation sites is 1. The maximum atomic E-state index is 8.72. The maximum absolute atomic E-state index is 8.72. The number of hydrogen-bond acceptors (Lipinski definition) is 4. The SMILES string of the molecule is CCN(CCC#N)Cc1cc2ccccc2nc1NC. The number of aromatic nitrogens is 1. The Bertz CT molecular complexity index is 615. The average molecular weight is 268 g/mol. The van der Waals surface area contributed by atoms with Crippen LogP contribution in [-0.4, -0.2) is 30.0 Å². The van der Waals surface area contributed by atoms with Gasteiger partial charge in [0.25, 0.3) is 0 Å². The minimum atomic E-state index is 0.559. The third kappa shape index (κ3) is 3.25. The van der Waals surface area contributed by atoms with Gasteiger partial charge in [-0.25, -0.2) is 4.98 Å². The van der Waals surface area contributed by atoms with Gasteiger partial charge in [0.05, 0.1) is 11.6 Å². The highest BCUT2D eigenvalue weighted by atomic mass is 15.1. The minimum Gasteiger partial charge on any atom is -0.373 e. The van der Waals surface area contributed by atoms with Crippen LogP contribution < -0.4 is 5.32 Å². The molecule has 2 aromatic rings. The van der Waals surface area contributed by atoms with Crippen LogP contribution in [0.15, 0.2) is 30.3 Å². The molecule has 4 heteroatoms. The molecule has 1 aromatic heterocycles. The molecule has 0 bridgehead atoms. The van der Waals surface area contributed by atoms with E-state index < -0.39 is 0 Å². The molecule has 0 aliphatic rings. The molecule has 104 valence electrons. The summed E-state index contributed by atoms with van der Waals surface area (Å²) in [6, 6.07) is 12.5. The lowest BCUT2D eigenvalue weighted by Crippen LogP contribution is -2.24. The van der Waals surface area contributed by atoms with Crippen molar-refractivity contribution in [3.05, 3.63) is 35.9 Å². The number of nitrogens with one attached hydrogen (secondary N) is 1. The van der Waals surface area contributed by atoms with Crippen LogP contribution in [-0.2, 0) is 6.54 Å². The molecule has 0 amide bonds. The fourth-order valence-corrected chi connectivity index (χ4v) is 2.29. The van der Waals surface area contributed by atoms with Crippen LogP contribution in [0.4, 0.5) is 5.82 Å². The Labute approximate surface area is 120 Å². The quantitative estimate of drug-likeness (QED) is 0.875. The molecule has 1 heterocycles. The third-order valence-electron chi connectivity index (χ3n) is 3.42. The molecule has 0 saturated heterocycles. The summed E-state index contributed by atoms with van der Waals surface area (Å²) in [4.78, 5) is 6.92. The predicted molar refractivity (Wildman–Crippen MR) is 82.5 cm³/mol. The Morgan fingerprint density at radius 1 is 1.35 bits per heavy atom. The van der Waals surface area contributed by atoms with Crippen molar-refractivity contribution in [1.29, 1.82) is 5.26 Å². The summed E-state index contributed by atoms with van der Waals surface area (Å²) in [6.45, 7) is 4.65. The van der Waals surface area contributed by atoms with Crippen molar-refractivity contribution in [3.63, 3.8) is 0 Å². The number of nitriles is 1. The molecular formula is C16H20N4. The van der Waals surface area contributed by atoms with E-state index in [0.29, 0.717) is 6.42 Å². The van der Waals surface area contributed by atoms with E-state index in [0.717, 1.165) is 36.4 Å². The highest BCUT2D eigenvalue weighted by Crippen LogP contribution is 2.21. The lowest BCUT2D eigenvalue weighted by molar-refractivity contribution is 0.287. The van der Waals surface area contributed by atoms with Crippen LogP contribution in [0.3, 0.4) is 0 Å². The Kier molecular flexibility index (Phi) is 4.91. The van der Waals surface area contributed by atoms with Crippen LogP contribution in [0.1, 0.15) is 18.9 Å². The fraction of sp³-hybridized carbons (Fsp3) is 0.375. The number of nitrogens with zero attached hydrogens (tertiary/aromatic N) is 3. The zero-order valence-corrected chi connectivity index (χ0v) is 12.1. The third-order valence-corrected chi connectivity index (χ3v) is 3.42. The van der Waals surface area contributed by atoms with Gasteiger partial charge >= 0.3 is 0 Å². The van der Waals surface area contributed by atoms with Crippen LogP contribution in [0.5, 0.6) is 0 Å². The molecule has 1 aromatic carbocycles. The zero-order valence-electron chi connectivity index (χ0n) is 12.1. The standard InChI is InChI=1S/C16H20N4/c1-3-20(10-6-9-17)12-14-11-13-7-4-5-8-15(13)19-16(14)18-2/h4-5,7-8,11H,3,6,10,12H2,1-2H3,(H,18,19). The van der Waals surface area contributed by atoms with Crippen molar-refractivity contribution < 1.29 is 0 Å². The smallest absolute Gasteiger partial charge is 0.130 e. The maximum Gasteiger partial charge on any atom is 0.130 e. The Morgan fingerprint density at radius 3 is 2.85 bits per heavy atom. The summed E-state index contributed by atoms with van der Waals surface area (Å²) in [5.41, 5.74) is 2.17. The second-order valence-corrected chi connectivity index (χ2v) is 4.72. The van der Waals surface area contributed by atoms with Crippen molar-refractivity contribution in [2.75, 3.05) is 25.5 Å². The fourth-order valence-electron chi connectivity index (χ4n) is 2.29. The van der Waals surface area contributed by atoms with Crippen molar-refractivity contribution in [2.45, 2.75) is 19.9 Å². The highest BCUT2D eigenvalue weighted by Gasteiger charge is 2.09. The van der Waals surface area contributed by atoms with E-state index in [9.17, 15) is 0 Å². The molecule has 0 unspecified atom stereocenters. The van der Waals surface area contributed by atoms with Gasteiger partial charge in [0.1, 0.15) is 5.82 Å². The van der Waals surface area contributed by atoms with Gasteiger partial charge in [-0.3, -0.25) is 4.90 Å². The molecule has 0 saturated carbocycles. The Morgan fingerprint density at radius 2 is 2.15 bits per heavy atom. The van der Waals surface area contributed by atoms with E-state index in [1.165, 1.54) is 5.56 Å². The topological polar surface area (TPSA) is 52.0 Å². The molecule has 1 N–H and O–H groups in total. The minimum absolute atomic E-state index is 0.559. The number of rotatable bonds is 6.